The molecule has 1 unspecified atom stereocenters. The maximum absolute atomic E-state index is 2.40. The molecular weight excluding hydrogens is 180 g/mol. The van der Waals surface area contributed by atoms with E-state index in [2.05, 4.69) is 58.9 Å². The molecule has 1 aromatic carbocycles. The highest BCUT2D eigenvalue weighted by Crippen LogP contribution is 2.58. The molecule has 1 aliphatic rings. The molecule has 0 radical (unpaired) electrons. The fourth-order valence-corrected chi connectivity index (χ4v) is 2.26. The van der Waals surface area contributed by atoms with Crippen LogP contribution in [0.4, 0.5) is 0 Å². The SMILES string of the molecule is CC(C)(C)c1cccc(C2CC2(C)C)c1. The van der Waals surface area contributed by atoms with E-state index in [9.17, 15) is 0 Å². The van der Waals surface area contributed by atoms with Gasteiger partial charge in [0.2, 0.25) is 0 Å². The quantitative estimate of drug-likeness (QED) is 0.629. The predicted octanol–water partition coefficient (Wildman–Crippen LogP) is 4.50. The Morgan fingerprint density at radius 3 is 2.27 bits per heavy atom. The van der Waals surface area contributed by atoms with E-state index < -0.39 is 0 Å². The molecule has 0 aliphatic heterocycles. The average molecular weight is 202 g/mol. The van der Waals surface area contributed by atoms with E-state index >= 15 is 0 Å². The Kier molecular flexibility index (Phi) is 2.22. The lowest BCUT2D eigenvalue weighted by Gasteiger charge is -2.20. The van der Waals surface area contributed by atoms with Gasteiger partial charge in [0, 0.05) is 0 Å². The van der Waals surface area contributed by atoms with Gasteiger partial charge >= 0.3 is 0 Å². The van der Waals surface area contributed by atoms with Crippen molar-refractivity contribution in [2.45, 2.75) is 52.4 Å². The van der Waals surface area contributed by atoms with Gasteiger partial charge in [-0.05, 0) is 34.3 Å². The molecule has 1 saturated carbocycles. The summed E-state index contributed by atoms with van der Waals surface area (Å²) in [4.78, 5) is 0. The Hall–Kier alpha value is -0.780. The van der Waals surface area contributed by atoms with E-state index in [0.29, 0.717) is 5.41 Å². The van der Waals surface area contributed by atoms with Crippen molar-refractivity contribution in [3.05, 3.63) is 35.4 Å². The van der Waals surface area contributed by atoms with Crippen LogP contribution in [-0.4, -0.2) is 0 Å². The lowest BCUT2D eigenvalue weighted by molar-refractivity contribution is 0.586. The number of rotatable bonds is 1. The fraction of sp³-hybridized carbons (Fsp3) is 0.600. The molecular formula is C15H22. The lowest BCUT2D eigenvalue weighted by Crippen LogP contribution is -2.11. The standard InChI is InChI=1S/C15H22/c1-14(2,3)12-8-6-7-11(9-12)13-10-15(13,4)5/h6-9,13H,10H2,1-5H3. The van der Waals surface area contributed by atoms with Gasteiger partial charge in [0.1, 0.15) is 0 Å². The first kappa shape index (κ1) is 10.7. The molecule has 1 aliphatic carbocycles. The zero-order valence-corrected chi connectivity index (χ0v) is 10.6. The van der Waals surface area contributed by atoms with Gasteiger partial charge in [-0.3, -0.25) is 0 Å². The van der Waals surface area contributed by atoms with Gasteiger partial charge in [-0.15, -0.1) is 0 Å². The summed E-state index contributed by atoms with van der Waals surface area (Å²) in [6.45, 7) is 11.6. The van der Waals surface area contributed by atoms with Gasteiger partial charge in [0.05, 0.1) is 0 Å². The van der Waals surface area contributed by atoms with E-state index in [0.717, 1.165) is 5.92 Å². The maximum Gasteiger partial charge on any atom is -0.0105 e. The Morgan fingerprint density at radius 1 is 1.20 bits per heavy atom. The van der Waals surface area contributed by atoms with Gasteiger partial charge in [-0.2, -0.15) is 0 Å². The molecule has 0 heterocycles. The number of hydrogen-bond acceptors (Lipinski definition) is 0. The second kappa shape index (κ2) is 3.10. The third kappa shape index (κ3) is 2.09. The van der Waals surface area contributed by atoms with Crippen molar-refractivity contribution < 1.29 is 0 Å². The number of benzene rings is 1. The van der Waals surface area contributed by atoms with Crippen LogP contribution in [0.3, 0.4) is 0 Å². The van der Waals surface area contributed by atoms with Crippen LogP contribution in [0.1, 0.15) is 58.1 Å². The molecule has 1 aromatic rings. The minimum atomic E-state index is 0.273. The van der Waals surface area contributed by atoms with E-state index in [1.54, 1.807) is 0 Å². The zero-order valence-electron chi connectivity index (χ0n) is 10.6. The van der Waals surface area contributed by atoms with E-state index in [-0.39, 0.29) is 5.41 Å². The normalized spacial score (nSPS) is 23.9. The third-order valence-corrected chi connectivity index (χ3v) is 3.67. The van der Waals surface area contributed by atoms with Gasteiger partial charge in [0.25, 0.3) is 0 Å². The second-order valence-corrected chi connectivity index (χ2v) is 6.62. The molecule has 0 saturated heterocycles. The highest BCUT2D eigenvalue weighted by atomic mass is 14.5. The van der Waals surface area contributed by atoms with Crippen LogP contribution in [0, 0.1) is 5.41 Å². The minimum absolute atomic E-state index is 0.273. The molecule has 0 bridgehead atoms. The van der Waals surface area contributed by atoms with Crippen molar-refractivity contribution in [2.24, 2.45) is 5.41 Å². The van der Waals surface area contributed by atoms with Crippen LogP contribution in [0.15, 0.2) is 24.3 Å². The van der Waals surface area contributed by atoms with E-state index in [4.69, 9.17) is 0 Å². The molecule has 15 heavy (non-hydrogen) atoms. The topological polar surface area (TPSA) is 0 Å². The molecule has 0 amide bonds. The van der Waals surface area contributed by atoms with E-state index in [1.807, 2.05) is 0 Å². The van der Waals surface area contributed by atoms with Crippen molar-refractivity contribution >= 4 is 0 Å². The molecule has 0 nitrogen and oxygen atoms in total. The summed E-state index contributed by atoms with van der Waals surface area (Å²) in [5.41, 5.74) is 3.81. The summed E-state index contributed by atoms with van der Waals surface area (Å²) in [7, 11) is 0. The van der Waals surface area contributed by atoms with Crippen LogP contribution in [0.5, 0.6) is 0 Å². The smallest absolute Gasteiger partial charge is 0.0105 e. The summed E-state index contributed by atoms with van der Waals surface area (Å²) >= 11 is 0. The predicted molar refractivity (Wildman–Crippen MR) is 66.3 cm³/mol. The van der Waals surface area contributed by atoms with Gasteiger partial charge < -0.3 is 0 Å². The largest absolute Gasteiger partial charge is 0.0617 e. The molecule has 2 rings (SSSR count). The third-order valence-electron chi connectivity index (χ3n) is 3.67. The molecule has 0 N–H and O–H groups in total. The van der Waals surface area contributed by atoms with Crippen LogP contribution in [0.25, 0.3) is 0 Å². The zero-order chi connectivity index (χ0) is 11.3. The Balaban J connectivity index is 2.29. The van der Waals surface area contributed by atoms with Crippen LogP contribution >= 0.6 is 0 Å². The Labute approximate surface area is 93.7 Å². The van der Waals surface area contributed by atoms with Crippen LogP contribution in [-0.2, 0) is 5.41 Å². The monoisotopic (exact) mass is 202 g/mol. The van der Waals surface area contributed by atoms with Crippen molar-refractivity contribution in [3.8, 4) is 0 Å². The first-order chi connectivity index (χ1) is 6.81. The fourth-order valence-electron chi connectivity index (χ4n) is 2.26. The highest BCUT2D eigenvalue weighted by molar-refractivity contribution is 5.35. The van der Waals surface area contributed by atoms with Crippen molar-refractivity contribution in [3.63, 3.8) is 0 Å². The summed E-state index contributed by atoms with van der Waals surface area (Å²) in [5, 5.41) is 0. The summed E-state index contributed by atoms with van der Waals surface area (Å²) in [6, 6.07) is 9.15. The highest BCUT2D eigenvalue weighted by Gasteiger charge is 2.46. The Morgan fingerprint density at radius 2 is 1.80 bits per heavy atom. The van der Waals surface area contributed by atoms with Crippen molar-refractivity contribution in [1.82, 2.24) is 0 Å². The molecule has 1 fully saturated rings. The van der Waals surface area contributed by atoms with Gasteiger partial charge in [-0.1, -0.05) is 58.9 Å². The Bertz CT molecular complexity index is 366. The van der Waals surface area contributed by atoms with Crippen LogP contribution in [0.2, 0.25) is 0 Å². The van der Waals surface area contributed by atoms with Crippen LogP contribution < -0.4 is 0 Å². The molecule has 0 spiro atoms. The molecule has 82 valence electrons. The number of hydrogen-bond donors (Lipinski definition) is 0. The summed E-state index contributed by atoms with van der Waals surface area (Å²) in [6.07, 6.45) is 1.35. The molecule has 0 aromatic heterocycles. The maximum atomic E-state index is 2.40. The second-order valence-electron chi connectivity index (χ2n) is 6.62. The summed E-state index contributed by atoms with van der Waals surface area (Å²) < 4.78 is 0. The molecule has 1 atom stereocenters. The van der Waals surface area contributed by atoms with Gasteiger partial charge in [-0.25, -0.2) is 0 Å². The summed E-state index contributed by atoms with van der Waals surface area (Å²) in [5.74, 6) is 0.791. The first-order valence-electron chi connectivity index (χ1n) is 5.91. The van der Waals surface area contributed by atoms with E-state index in [1.165, 1.54) is 17.5 Å². The van der Waals surface area contributed by atoms with Crippen molar-refractivity contribution in [2.75, 3.05) is 0 Å². The van der Waals surface area contributed by atoms with Gasteiger partial charge in [0.15, 0.2) is 0 Å². The average Bonchev–Trinajstić information content (AvgIpc) is 2.74. The minimum Gasteiger partial charge on any atom is -0.0617 e. The first-order valence-corrected chi connectivity index (χ1v) is 5.91. The molecule has 0 heteroatoms. The lowest BCUT2D eigenvalue weighted by atomic mass is 9.85. The van der Waals surface area contributed by atoms with Crippen molar-refractivity contribution in [1.29, 1.82) is 0 Å².